The number of rotatable bonds is 8. The van der Waals surface area contributed by atoms with Crippen LogP contribution in [0.1, 0.15) is 26.7 Å². The first-order chi connectivity index (χ1) is 9.75. The van der Waals surface area contributed by atoms with E-state index in [0.717, 1.165) is 62.5 Å². The number of thioether (sulfide) groups is 1. The van der Waals surface area contributed by atoms with Crippen LogP contribution in [0, 0.1) is 11.8 Å². The molecule has 2 heterocycles. The fourth-order valence-corrected chi connectivity index (χ4v) is 3.21. The zero-order valence-corrected chi connectivity index (χ0v) is 13.2. The molecule has 20 heavy (non-hydrogen) atoms. The molecule has 114 valence electrons. The summed E-state index contributed by atoms with van der Waals surface area (Å²) in [6.07, 6.45) is 2.31. The van der Waals surface area contributed by atoms with E-state index in [0.29, 0.717) is 5.92 Å². The van der Waals surface area contributed by atoms with Gasteiger partial charge in [-0.15, -0.1) is 5.10 Å². The summed E-state index contributed by atoms with van der Waals surface area (Å²) in [7, 11) is 0. The number of nitrogens with zero attached hydrogens (tertiary/aromatic N) is 4. The molecule has 1 aliphatic heterocycles. The highest BCUT2D eigenvalue weighted by atomic mass is 32.2. The summed E-state index contributed by atoms with van der Waals surface area (Å²) in [5.74, 6) is 2.49. The van der Waals surface area contributed by atoms with Crippen LogP contribution in [-0.4, -0.2) is 52.3 Å². The van der Waals surface area contributed by atoms with Gasteiger partial charge in [-0.2, -0.15) is 0 Å². The van der Waals surface area contributed by atoms with E-state index in [4.69, 9.17) is 4.74 Å². The fourth-order valence-electron chi connectivity index (χ4n) is 2.12. The standard InChI is InChI=1S/C13H25N5OS/c1-11(2)9-14-5-6-18-13(15-16-17-18)20-10-12-3-7-19-8-4-12/h11-12,14H,3-10H2,1-2H3. The molecule has 0 spiro atoms. The molecule has 0 atom stereocenters. The molecule has 1 fully saturated rings. The highest BCUT2D eigenvalue weighted by molar-refractivity contribution is 7.99. The van der Waals surface area contributed by atoms with E-state index in [1.165, 1.54) is 0 Å². The van der Waals surface area contributed by atoms with Crippen LogP contribution in [0.2, 0.25) is 0 Å². The molecule has 1 N–H and O–H groups in total. The minimum absolute atomic E-state index is 0.672. The number of ether oxygens (including phenoxy) is 1. The van der Waals surface area contributed by atoms with Crippen molar-refractivity contribution < 1.29 is 4.74 Å². The predicted molar refractivity (Wildman–Crippen MR) is 79.8 cm³/mol. The smallest absolute Gasteiger partial charge is 0.209 e. The molecular weight excluding hydrogens is 274 g/mol. The fraction of sp³-hybridized carbons (Fsp3) is 0.923. The Morgan fingerprint density at radius 3 is 2.95 bits per heavy atom. The van der Waals surface area contributed by atoms with Gasteiger partial charge in [0.05, 0.1) is 6.54 Å². The average molecular weight is 299 g/mol. The zero-order chi connectivity index (χ0) is 14.2. The summed E-state index contributed by atoms with van der Waals surface area (Å²) < 4.78 is 7.28. The Bertz CT molecular complexity index is 379. The van der Waals surface area contributed by atoms with E-state index in [1.807, 2.05) is 4.68 Å². The lowest BCUT2D eigenvalue weighted by Gasteiger charge is -2.21. The van der Waals surface area contributed by atoms with Crippen molar-refractivity contribution in [2.75, 3.05) is 32.1 Å². The maximum absolute atomic E-state index is 5.38. The normalized spacial score (nSPS) is 16.9. The van der Waals surface area contributed by atoms with Gasteiger partial charge in [0.15, 0.2) is 0 Å². The maximum atomic E-state index is 5.38. The SMILES string of the molecule is CC(C)CNCCn1nnnc1SCC1CCOCC1. The van der Waals surface area contributed by atoms with Crippen molar-refractivity contribution in [2.45, 2.75) is 38.4 Å². The van der Waals surface area contributed by atoms with Crippen LogP contribution in [0.5, 0.6) is 0 Å². The van der Waals surface area contributed by atoms with Crippen LogP contribution in [0.15, 0.2) is 5.16 Å². The molecule has 0 radical (unpaired) electrons. The second-order valence-electron chi connectivity index (χ2n) is 5.65. The number of hydrogen-bond donors (Lipinski definition) is 1. The molecule has 1 aliphatic rings. The third-order valence-electron chi connectivity index (χ3n) is 3.34. The van der Waals surface area contributed by atoms with Crippen LogP contribution >= 0.6 is 11.8 Å². The number of nitrogens with one attached hydrogen (secondary N) is 1. The van der Waals surface area contributed by atoms with Gasteiger partial charge in [0.1, 0.15) is 0 Å². The Morgan fingerprint density at radius 1 is 1.40 bits per heavy atom. The van der Waals surface area contributed by atoms with Crippen molar-refractivity contribution in [3.8, 4) is 0 Å². The molecule has 0 bridgehead atoms. The average Bonchev–Trinajstić information content (AvgIpc) is 2.90. The van der Waals surface area contributed by atoms with E-state index in [2.05, 4.69) is 34.7 Å². The summed E-state index contributed by atoms with van der Waals surface area (Å²) in [6.45, 7) is 8.99. The highest BCUT2D eigenvalue weighted by Crippen LogP contribution is 2.23. The van der Waals surface area contributed by atoms with Crippen molar-refractivity contribution in [1.29, 1.82) is 0 Å². The summed E-state index contributed by atoms with van der Waals surface area (Å²) in [6, 6.07) is 0. The van der Waals surface area contributed by atoms with E-state index in [-0.39, 0.29) is 0 Å². The molecule has 0 amide bonds. The number of tetrazole rings is 1. The zero-order valence-electron chi connectivity index (χ0n) is 12.4. The van der Waals surface area contributed by atoms with E-state index in [1.54, 1.807) is 11.8 Å². The first-order valence-electron chi connectivity index (χ1n) is 7.43. The monoisotopic (exact) mass is 299 g/mol. The van der Waals surface area contributed by atoms with Crippen molar-refractivity contribution in [1.82, 2.24) is 25.5 Å². The van der Waals surface area contributed by atoms with Crippen LogP contribution in [0.25, 0.3) is 0 Å². The lowest BCUT2D eigenvalue weighted by Crippen LogP contribution is -2.24. The molecule has 0 aromatic carbocycles. The molecule has 1 aromatic heterocycles. The van der Waals surface area contributed by atoms with Gasteiger partial charge >= 0.3 is 0 Å². The number of hydrogen-bond acceptors (Lipinski definition) is 6. The van der Waals surface area contributed by atoms with E-state index in [9.17, 15) is 0 Å². The largest absolute Gasteiger partial charge is 0.381 e. The van der Waals surface area contributed by atoms with Gasteiger partial charge in [0.25, 0.3) is 0 Å². The lowest BCUT2D eigenvalue weighted by molar-refractivity contribution is 0.0727. The summed E-state index contributed by atoms with van der Waals surface area (Å²) in [5.41, 5.74) is 0. The highest BCUT2D eigenvalue weighted by Gasteiger charge is 2.16. The quantitative estimate of drug-likeness (QED) is 0.579. The Morgan fingerprint density at radius 2 is 2.20 bits per heavy atom. The molecule has 1 aromatic rings. The first-order valence-corrected chi connectivity index (χ1v) is 8.41. The molecular formula is C13H25N5OS. The molecule has 7 heteroatoms. The molecule has 0 saturated carbocycles. The van der Waals surface area contributed by atoms with Crippen LogP contribution < -0.4 is 5.32 Å². The maximum Gasteiger partial charge on any atom is 0.209 e. The molecule has 2 rings (SSSR count). The van der Waals surface area contributed by atoms with Crippen molar-refractivity contribution in [3.63, 3.8) is 0 Å². The lowest BCUT2D eigenvalue weighted by atomic mass is 10.0. The van der Waals surface area contributed by atoms with Gasteiger partial charge in [-0.3, -0.25) is 0 Å². The third kappa shape index (κ3) is 5.38. The van der Waals surface area contributed by atoms with Crippen LogP contribution in [-0.2, 0) is 11.3 Å². The molecule has 6 nitrogen and oxygen atoms in total. The van der Waals surface area contributed by atoms with Crippen molar-refractivity contribution in [2.24, 2.45) is 11.8 Å². The molecule has 1 saturated heterocycles. The first kappa shape index (κ1) is 15.7. The summed E-state index contributed by atoms with van der Waals surface area (Å²) in [5, 5.41) is 16.3. The topological polar surface area (TPSA) is 64.9 Å². The van der Waals surface area contributed by atoms with Crippen molar-refractivity contribution in [3.05, 3.63) is 0 Å². The van der Waals surface area contributed by atoms with Crippen LogP contribution in [0.3, 0.4) is 0 Å². The molecule has 0 unspecified atom stereocenters. The minimum atomic E-state index is 0.672. The Hall–Kier alpha value is -0.660. The van der Waals surface area contributed by atoms with Crippen molar-refractivity contribution >= 4 is 11.8 Å². The number of aromatic nitrogens is 4. The van der Waals surface area contributed by atoms with Gasteiger partial charge in [0.2, 0.25) is 5.16 Å². The molecule has 0 aliphatic carbocycles. The van der Waals surface area contributed by atoms with Gasteiger partial charge in [-0.1, -0.05) is 25.6 Å². The minimum Gasteiger partial charge on any atom is -0.381 e. The summed E-state index contributed by atoms with van der Waals surface area (Å²) >= 11 is 1.77. The van der Waals surface area contributed by atoms with Gasteiger partial charge < -0.3 is 10.1 Å². The third-order valence-corrected chi connectivity index (χ3v) is 4.53. The van der Waals surface area contributed by atoms with Gasteiger partial charge in [-0.25, -0.2) is 4.68 Å². The second kappa shape index (κ2) is 8.59. The Kier molecular flexibility index (Phi) is 6.75. The Balaban J connectivity index is 1.70. The van der Waals surface area contributed by atoms with Crippen LogP contribution in [0.4, 0.5) is 0 Å². The predicted octanol–water partition coefficient (Wildman–Crippen LogP) is 1.44. The van der Waals surface area contributed by atoms with Gasteiger partial charge in [-0.05, 0) is 41.6 Å². The van der Waals surface area contributed by atoms with E-state index >= 15 is 0 Å². The van der Waals surface area contributed by atoms with Gasteiger partial charge in [0, 0.05) is 25.5 Å². The summed E-state index contributed by atoms with van der Waals surface area (Å²) in [4.78, 5) is 0. The second-order valence-corrected chi connectivity index (χ2v) is 6.64. The Labute approximate surface area is 125 Å². The van der Waals surface area contributed by atoms with E-state index < -0.39 is 0 Å².